The van der Waals surface area contributed by atoms with Gasteiger partial charge in [0.05, 0.1) is 142 Å². The molecule has 0 aromatic heterocycles. The number of carbonyl (C=O) groups excluding carboxylic acids is 5. The molecule has 19 heteroatoms. The number of imide groups is 2. The van der Waals surface area contributed by atoms with E-state index in [0.717, 1.165) is 24.3 Å². The first kappa shape index (κ1) is 50.9. The number of ether oxygens (including phenoxy) is 10. The van der Waals surface area contributed by atoms with Crippen molar-refractivity contribution in [2.45, 2.75) is 44.6 Å². The van der Waals surface area contributed by atoms with Gasteiger partial charge in [-0.15, -0.1) is 0 Å². The van der Waals surface area contributed by atoms with Crippen LogP contribution in [0.25, 0.3) is 0 Å². The first-order valence-electron chi connectivity index (χ1n) is 20.9. The van der Waals surface area contributed by atoms with Crippen LogP contribution in [0, 0.1) is 0 Å². The molecule has 3 rings (SSSR count). The summed E-state index contributed by atoms with van der Waals surface area (Å²) in [5, 5.41) is 4.91. The molecule has 1 unspecified atom stereocenters. The van der Waals surface area contributed by atoms with E-state index in [1.54, 1.807) is 12.1 Å². The van der Waals surface area contributed by atoms with Crippen LogP contribution in [0.5, 0.6) is 0 Å². The first-order chi connectivity index (χ1) is 29.3. The molecule has 2 aliphatic rings. The summed E-state index contributed by atoms with van der Waals surface area (Å²) in [5.41, 5.74) is 0.383. The number of benzene rings is 1. The van der Waals surface area contributed by atoms with Gasteiger partial charge in [-0.25, -0.2) is 0 Å². The maximum Gasteiger partial charge on any atom is 0.264 e. The number of nitrogens with zero attached hydrogens (tertiary/aromatic N) is 2. The second kappa shape index (κ2) is 32.3. The molecule has 1 saturated heterocycles. The Bertz CT molecular complexity index is 1400. The van der Waals surface area contributed by atoms with Crippen LogP contribution in [0.4, 0.5) is 5.69 Å². The van der Waals surface area contributed by atoms with Gasteiger partial charge in [0, 0.05) is 26.0 Å². The Morgan fingerprint density at radius 3 is 1.52 bits per heavy atom. The number of anilines is 1. The third-order valence-electron chi connectivity index (χ3n) is 8.97. The van der Waals surface area contributed by atoms with Crippen molar-refractivity contribution in [2.24, 2.45) is 0 Å². The average molecular weight is 855 g/mol. The SMILES string of the molecule is CN(C)CCOCCOCCOCCOCCOCCOCCOCCOCCOCCOCCCCCC(=O)Nc1cccc2c1C(=O)N(C1CCC(=O)NC1=O)C2=O. The molecule has 1 atom stereocenters. The number of likely N-dealkylation sites (N-methyl/N-ethyl adjacent to an activating group) is 1. The smallest absolute Gasteiger partial charge is 0.264 e. The maximum atomic E-state index is 13.2. The summed E-state index contributed by atoms with van der Waals surface area (Å²) < 4.78 is 55.0. The van der Waals surface area contributed by atoms with Gasteiger partial charge in [-0.2, -0.15) is 0 Å². The minimum absolute atomic E-state index is 0.0283. The third kappa shape index (κ3) is 21.4. The molecule has 5 amide bonds. The van der Waals surface area contributed by atoms with E-state index in [1.165, 1.54) is 6.07 Å². The van der Waals surface area contributed by atoms with Gasteiger partial charge in [-0.3, -0.25) is 34.2 Å². The molecule has 2 aliphatic heterocycles. The Hall–Kier alpha value is -3.47. The lowest BCUT2D eigenvalue weighted by Gasteiger charge is -2.27. The lowest BCUT2D eigenvalue weighted by atomic mass is 10.0. The molecule has 340 valence electrons. The number of rotatable bonds is 38. The van der Waals surface area contributed by atoms with Crippen LogP contribution in [-0.4, -0.2) is 198 Å². The highest BCUT2D eigenvalue weighted by Gasteiger charge is 2.45. The molecule has 2 N–H and O–H groups in total. The maximum absolute atomic E-state index is 13.2. The topological polar surface area (TPSA) is 208 Å². The van der Waals surface area contributed by atoms with Crippen LogP contribution >= 0.6 is 0 Å². The molecule has 19 nitrogen and oxygen atoms in total. The minimum atomic E-state index is -1.07. The molecule has 0 bridgehead atoms. The zero-order valence-electron chi connectivity index (χ0n) is 35.4. The summed E-state index contributed by atoms with van der Waals surface area (Å²) in [6.45, 7) is 11.0. The van der Waals surface area contributed by atoms with Crippen LogP contribution in [0.1, 0.15) is 59.2 Å². The summed E-state index contributed by atoms with van der Waals surface area (Å²) in [6.07, 6.45) is 2.45. The highest BCUT2D eigenvalue weighted by Crippen LogP contribution is 2.32. The number of amides is 5. The van der Waals surface area contributed by atoms with Crippen molar-refractivity contribution >= 4 is 35.2 Å². The van der Waals surface area contributed by atoms with E-state index in [4.69, 9.17) is 47.4 Å². The summed E-state index contributed by atoms with van der Waals surface area (Å²) in [5.74, 6) is -2.71. The number of hydrogen-bond donors (Lipinski definition) is 2. The quantitative estimate of drug-likeness (QED) is 0.0710. The van der Waals surface area contributed by atoms with Gasteiger partial charge >= 0.3 is 0 Å². The second-order valence-corrected chi connectivity index (χ2v) is 14.0. The molecule has 0 spiro atoms. The van der Waals surface area contributed by atoms with E-state index in [1.807, 2.05) is 14.1 Å². The van der Waals surface area contributed by atoms with Gasteiger partial charge < -0.3 is 57.6 Å². The van der Waals surface area contributed by atoms with Gasteiger partial charge in [0.2, 0.25) is 17.7 Å². The fraction of sp³-hybridized carbons (Fsp3) is 0.732. The molecule has 1 aromatic rings. The molecule has 0 radical (unpaired) electrons. The van der Waals surface area contributed by atoms with Crippen LogP contribution < -0.4 is 10.6 Å². The van der Waals surface area contributed by atoms with Crippen molar-refractivity contribution in [3.63, 3.8) is 0 Å². The molecule has 1 aromatic carbocycles. The summed E-state index contributed by atoms with van der Waals surface area (Å²) >= 11 is 0. The van der Waals surface area contributed by atoms with Gasteiger partial charge in [-0.1, -0.05) is 12.5 Å². The van der Waals surface area contributed by atoms with E-state index in [2.05, 4.69) is 15.5 Å². The van der Waals surface area contributed by atoms with E-state index < -0.39 is 29.7 Å². The standard InChI is InChI=1S/C41H66N4O15/c1-44(2)12-14-52-16-18-54-20-22-56-24-26-58-28-30-60-32-31-59-29-27-57-25-23-55-21-19-53-17-15-51-13-5-3-4-9-36(46)42-34-8-6-7-33-38(34)41(50)45(40(33)49)35-10-11-37(47)43-39(35)48/h6-8,35H,3-5,9-32H2,1-2H3,(H,42,46)(H,43,47,48). The number of unbranched alkanes of at least 4 members (excludes halogenated alkanes) is 2. The lowest BCUT2D eigenvalue weighted by molar-refractivity contribution is -0.136. The Labute approximate surface area is 353 Å². The molecule has 0 aliphatic carbocycles. The number of fused-ring (bicyclic) bond motifs is 1. The van der Waals surface area contributed by atoms with E-state index in [0.29, 0.717) is 139 Å². The summed E-state index contributed by atoms with van der Waals surface area (Å²) in [7, 11) is 4.02. The molecule has 60 heavy (non-hydrogen) atoms. The summed E-state index contributed by atoms with van der Waals surface area (Å²) in [4.78, 5) is 65.6. The highest BCUT2D eigenvalue weighted by atomic mass is 16.6. The fourth-order valence-electron chi connectivity index (χ4n) is 5.83. The van der Waals surface area contributed by atoms with Crippen LogP contribution in [-0.2, 0) is 61.8 Å². The Morgan fingerprint density at radius 1 is 0.617 bits per heavy atom. The van der Waals surface area contributed by atoms with Gasteiger partial charge in [0.25, 0.3) is 11.8 Å². The van der Waals surface area contributed by atoms with Gasteiger partial charge in [-0.05, 0) is 45.5 Å². The first-order valence-corrected chi connectivity index (χ1v) is 20.9. The number of carbonyl (C=O) groups is 5. The minimum Gasteiger partial charge on any atom is -0.379 e. The Morgan fingerprint density at radius 2 is 1.07 bits per heavy atom. The number of piperidine rings is 1. The van der Waals surface area contributed by atoms with Crippen molar-refractivity contribution in [3.05, 3.63) is 29.3 Å². The van der Waals surface area contributed by atoms with E-state index in [9.17, 15) is 24.0 Å². The molecular weight excluding hydrogens is 788 g/mol. The van der Waals surface area contributed by atoms with Crippen molar-refractivity contribution in [3.8, 4) is 0 Å². The zero-order valence-corrected chi connectivity index (χ0v) is 35.4. The van der Waals surface area contributed by atoms with Gasteiger partial charge in [0.15, 0.2) is 0 Å². The molecule has 0 saturated carbocycles. The number of hydrogen-bond acceptors (Lipinski definition) is 16. The van der Waals surface area contributed by atoms with Crippen molar-refractivity contribution in [1.29, 1.82) is 0 Å². The third-order valence-corrected chi connectivity index (χ3v) is 8.97. The highest BCUT2D eigenvalue weighted by molar-refractivity contribution is 6.26. The van der Waals surface area contributed by atoms with Crippen LogP contribution in [0.2, 0.25) is 0 Å². The van der Waals surface area contributed by atoms with Crippen molar-refractivity contribution in [2.75, 3.05) is 158 Å². The zero-order chi connectivity index (χ0) is 43.0. The second-order valence-electron chi connectivity index (χ2n) is 14.0. The monoisotopic (exact) mass is 854 g/mol. The van der Waals surface area contributed by atoms with Crippen molar-refractivity contribution in [1.82, 2.24) is 15.1 Å². The van der Waals surface area contributed by atoms with E-state index >= 15 is 0 Å². The largest absolute Gasteiger partial charge is 0.379 e. The number of nitrogens with one attached hydrogen (secondary N) is 2. The predicted molar refractivity (Wildman–Crippen MR) is 217 cm³/mol. The molecule has 2 heterocycles. The molecular formula is C41H66N4O15. The Balaban J connectivity index is 1.00. The Kier molecular flexibility index (Phi) is 27.4. The van der Waals surface area contributed by atoms with Crippen LogP contribution in [0.15, 0.2) is 18.2 Å². The average Bonchev–Trinajstić information content (AvgIpc) is 3.48. The van der Waals surface area contributed by atoms with E-state index in [-0.39, 0.29) is 42.0 Å². The van der Waals surface area contributed by atoms with Crippen molar-refractivity contribution < 1.29 is 71.3 Å². The fourth-order valence-corrected chi connectivity index (χ4v) is 5.83. The lowest BCUT2D eigenvalue weighted by Crippen LogP contribution is -2.54. The summed E-state index contributed by atoms with van der Waals surface area (Å²) in [6, 6.07) is 3.53. The van der Waals surface area contributed by atoms with Gasteiger partial charge in [0.1, 0.15) is 6.04 Å². The normalized spacial score (nSPS) is 15.3. The predicted octanol–water partition coefficient (Wildman–Crippen LogP) is 1.31. The van der Waals surface area contributed by atoms with Crippen LogP contribution in [0.3, 0.4) is 0 Å². The molecule has 1 fully saturated rings.